The highest BCUT2D eigenvalue weighted by Gasteiger charge is 2.27. The first-order chi connectivity index (χ1) is 16.9. The number of hydrogen-bond donors (Lipinski definition) is 7. The topological polar surface area (TPSA) is 243 Å². The standard InChI is InChI=1S/C20H18ClN7O8/c1-8(15(29)28-13(19(33)34)4-10-6-23-7-24-10)25-16(30)17(31)26-11-2-9(5-22)3-12(14(11)21)27-18(32)20(35)36/h2-3,6-8,13H,4H2,1H3,(H,23,24)(H,25,30)(H,26,31)(H,27,32)(H,28,29)(H,33,34)(H,35,36). The van der Waals surface area contributed by atoms with Gasteiger partial charge >= 0.3 is 29.7 Å². The number of benzene rings is 1. The van der Waals surface area contributed by atoms with Gasteiger partial charge in [-0.3, -0.25) is 19.2 Å². The third-order valence-corrected chi connectivity index (χ3v) is 4.84. The number of amides is 4. The summed E-state index contributed by atoms with van der Waals surface area (Å²) < 4.78 is 0. The highest BCUT2D eigenvalue weighted by molar-refractivity contribution is 6.43. The number of halogens is 1. The third kappa shape index (κ3) is 7.27. The lowest BCUT2D eigenvalue weighted by Gasteiger charge is -2.18. The predicted molar refractivity (Wildman–Crippen MR) is 121 cm³/mol. The number of nitrogens with one attached hydrogen (secondary N) is 5. The van der Waals surface area contributed by atoms with Gasteiger partial charge in [0.1, 0.15) is 12.1 Å². The molecule has 2 rings (SSSR count). The van der Waals surface area contributed by atoms with Gasteiger partial charge in [0.05, 0.1) is 34.4 Å². The molecule has 0 aliphatic heterocycles. The molecule has 4 amide bonds. The molecule has 1 aromatic carbocycles. The van der Waals surface area contributed by atoms with Gasteiger partial charge in [-0.1, -0.05) is 11.6 Å². The molecule has 0 saturated carbocycles. The minimum Gasteiger partial charge on any atom is -0.480 e. The normalized spacial score (nSPS) is 11.8. The lowest BCUT2D eigenvalue weighted by atomic mass is 10.1. The minimum absolute atomic E-state index is 0.114. The number of aliphatic carboxylic acids is 2. The zero-order valence-electron chi connectivity index (χ0n) is 18.3. The molecular formula is C20H18ClN7O8. The summed E-state index contributed by atoms with van der Waals surface area (Å²) in [5, 5.41) is 35.1. The van der Waals surface area contributed by atoms with E-state index in [4.69, 9.17) is 22.0 Å². The summed E-state index contributed by atoms with van der Waals surface area (Å²) in [5.41, 5.74) is -0.322. The monoisotopic (exact) mass is 519 g/mol. The summed E-state index contributed by atoms with van der Waals surface area (Å²) >= 11 is 6.05. The minimum atomic E-state index is -1.83. The molecule has 16 heteroatoms. The van der Waals surface area contributed by atoms with Crippen LogP contribution in [0.15, 0.2) is 24.7 Å². The summed E-state index contributed by atoms with van der Waals surface area (Å²) in [6, 6.07) is 1.14. The van der Waals surface area contributed by atoms with Gasteiger partial charge in [0.2, 0.25) is 5.91 Å². The Balaban J connectivity index is 2.07. The van der Waals surface area contributed by atoms with E-state index in [-0.39, 0.29) is 28.4 Å². The molecule has 2 unspecified atom stereocenters. The molecule has 15 nitrogen and oxygen atoms in total. The van der Waals surface area contributed by atoms with Crippen molar-refractivity contribution in [2.75, 3.05) is 10.6 Å². The average Bonchev–Trinajstić information content (AvgIpc) is 3.33. The molecule has 2 aromatic rings. The summed E-state index contributed by atoms with van der Waals surface area (Å²) in [6.45, 7) is 1.21. The Morgan fingerprint density at radius 2 is 1.67 bits per heavy atom. The van der Waals surface area contributed by atoms with Gasteiger partial charge in [-0.05, 0) is 19.1 Å². The Bertz CT molecular complexity index is 1260. The molecule has 0 aliphatic rings. The number of carbonyl (C=O) groups is 6. The second-order valence-electron chi connectivity index (χ2n) is 7.09. The van der Waals surface area contributed by atoms with E-state index >= 15 is 0 Å². The quantitative estimate of drug-likeness (QED) is 0.214. The van der Waals surface area contributed by atoms with Crippen LogP contribution < -0.4 is 21.3 Å². The molecule has 1 aromatic heterocycles. The maximum Gasteiger partial charge on any atom is 0.394 e. The second kappa shape index (κ2) is 11.9. The van der Waals surface area contributed by atoms with Gasteiger partial charge < -0.3 is 36.5 Å². The van der Waals surface area contributed by atoms with Crippen molar-refractivity contribution in [1.82, 2.24) is 20.6 Å². The lowest BCUT2D eigenvalue weighted by molar-refractivity contribution is -0.147. The van der Waals surface area contributed by atoms with Crippen molar-refractivity contribution in [1.29, 1.82) is 5.26 Å². The molecule has 1 heterocycles. The van der Waals surface area contributed by atoms with Crippen LogP contribution in [0.2, 0.25) is 5.02 Å². The Morgan fingerprint density at radius 3 is 2.17 bits per heavy atom. The summed E-state index contributed by atoms with van der Waals surface area (Å²) in [4.78, 5) is 77.0. The predicted octanol–water partition coefficient (Wildman–Crippen LogP) is -0.787. The van der Waals surface area contributed by atoms with Crippen LogP contribution in [-0.4, -0.2) is 67.8 Å². The number of anilines is 2. The molecule has 0 spiro atoms. The van der Waals surface area contributed by atoms with Crippen LogP contribution in [0.5, 0.6) is 0 Å². The van der Waals surface area contributed by atoms with Crippen LogP contribution >= 0.6 is 11.6 Å². The van der Waals surface area contributed by atoms with E-state index in [9.17, 15) is 33.9 Å². The molecular weight excluding hydrogens is 502 g/mol. The molecule has 0 saturated heterocycles. The van der Waals surface area contributed by atoms with Crippen LogP contribution in [0.25, 0.3) is 0 Å². The maximum absolute atomic E-state index is 12.4. The average molecular weight is 520 g/mol. The first-order valence-corrected chi connectivity index (χ1v) is 10.2. The number of carboxylic acids is 2. The van der Waals surface area contributed by atoms with E-state index in [1.54, 1.807) is 6.07 Å². The Kier molecular flexibility index (Phi) is 9.05. The van der Waals surface area contributed by atoms with E-state index in [0.29, 0.717) is 5.69 Å². The number of nitrogens with zero attached hydrogens (tertiary/aromatic N) is 2. The molecule has 0 bridgehead atoms. The van der Waals surface area contributed by atoms with Crippen LogP contribution in [0, 0.1) is 11.3 Å². The fourth-order valence-corrected chi connectivity index (χ4v) is 2.87. The number of rotatable bonds is 8. The smallest absolute Gasteiger partial charge is 0.394 e. The Morgan fingerprint density at radius 1 is 1.06 bits per heavy atom. The fraction of sp³-hybridized carbons (Fsp3) is 0.200. The van der Waals surface area contributed by atoms with Gasteiger partial charge in [-0.15, -0.1) is 0 Å². The Labute approximate surface area is 206 Å². The first kappa shape index (κ1) is 27.3. The van der Waals surface area contributed by atoms with Crippen LogP contribution in [0.3, 0.4) is 0 Å². The van der Waals surface area contributed by atoms with Gasteiger partial charge in [-0.25, -0.2) is 14.6 Å². The number of aromatic amines is 1. The highest BCUT2D eigenvalue weighted by atomic mass is 35.5. The van der Waals surface area contributed by atoms with Crippen molar-refractivity contribution in [2.24, 2.45) is 0 Å². The number of aromatic nitrogens is 2. The van der Waals surface area contributed by atoms with Crippen molar-refractivity contribution in [3.05, 3.63) is 40.9 Å². The molecule has 0 fully saturated rings. The van der Waals surface area contributed by atoms with Crippen LogP contribution in [0.1, 0.15) is 18.2 Å². The van der Waals surface area contributed by atoms with E-state index in [2.05, 4.69) is 25.9 Å². The zero-order valence-corrected chi connectivity index (χ0v) is 19.0. The van der Waals surface area contributed by atoms with E-state index in [1.807, 2.05) is 5.32 Å². The van der Waals surface area contributed by atoms with Gasteiger partial charge in [0, 0.05) is 18.3 Å². The van der Waals surface area contributed by atoms with Crippen molar-refractivity contribution in [3.63, 3.8) is 0 Å². The first-order valence-electron chi connectivity index (χ1n) is 9.83. The molecule has 188 valence electrons. The summed E-state index contributed by atoms with van der Waals surface area (Å²) in [7, 11) is 0. The van der Waals surface area contributed by atoms with Crippen LogP contribution in [0.4, 0.5) is 11.4 Å². The number of nitriles is 1. The zero-order chi connectivity index (χ0) is 27.0. The maximum atomic E-state index is 12.4. The largest absolute Gasteiger partial charge is 0.480 e. The van der Waals surface area contributed by atoms with Crippen molar-refractivity contribution in [3.8, 4) is 6.07 Å². The van der Waals surface area contributed by atoms with E-state index < -0.39 is 47.7 Å². The van der Waals surface area contributed by atoms with E-state index in [1.165, 1.54) is 19.4 Å². The van der Waals surface area contributed by atoms with Crippen molar-refractivity contribution >= 4 is 58.5 Å². The number of imidazole rings is 1. The molecule has 2 atom stereocenters. The number of carboxylic acid groups (broad SMARTS) is 2. The molecule has 7 N–H and O–H groups in total. The molecule has 0 aliphatic carbocycles. The third-order valence-electron chi connectivity index (χ3n) is 4.43. The van der Waals surface area contributed by atoms with Crippen LogP contribution in [-0.2, 0) is 35.2 Å². The van der Waals surface area contributed by atoms with Crippen molar-refractivity contribution < 1.29 is 39.0 Å². The number of H-pyrrole nitrogens is 1. The highest BCUT2D eigenvalue weighted by Crippen LogP contribution is 2.32. The number of hydrogen-bond acceptors (Lipinski definition) is 8. The number of carbonyl (C=O) groups excluding carboxylic acids is 4. The molecule has 36 heavy (non-hydrogen) atoms. The van der Waals surface area contributed by atoms with Gasteiger partial charge in [0.25, 0.3) is 0 Å². The second-order valence-corrected chi connectivity index (χ2v) is 7.46. The summed E-state index contributed by atoms with van der Waals surface area (Å²) in [6.07, 6.45) is 2.60. The molecule has 0 radical (unpaired) electrons. The van der Waals surface area contributed by atoms with Crippen molar-refractivity contribution in [2.45, 2.75) is 25.4 Å². The van der Waals surface area contributed by atoms with Gasteiger partial charge in [-0.2, -0.15) is 5.26 Å². The fourth-order valence-electron chi connectivity index (χ4n) is 2.67. The SMILES string of the molecule is CC(NC(=O)C(=O)Nc1cc(C#N)cc(NC(=O)C(=O)O)c1Cl)C(=O)NC(Cc1cnc[nH]1)C(=O)O. The Hall–Kier alpha value is -4.97. The van der Waals surface area contributed by atoms with E-state index in [0.717, 1.165) is 12.1 Å². The lowest BCUT2D eigenvalue weighted by Crippen LogP contribution is -2.52. The van der Waals surface area contributed by atoms with Gasteiger partial charge in [0.15, 0.2) is 0 Å². The summed E-state index contributed by atoms with van der Waals surface area (Å²) in [5.74, 6) is -8.17.